The predicted octanol–water partition coefficient (Wildman–Crippen LogP) is 2.37. The summed E-state index contributed by atoms with van der Waals surface area (Å²) in [5.74, 6) is 0.111. The van der Waals surface area contributed by atoms with Crippen LogP contribution >= 0.6 is 0 Å². The van der Waals surface area contributed by atoms with Gasteiger partial charge in [-0.05, 0) is 30.0 Å². The second-order valence-corrected chi connectivity index (χ2v) is 10.3. The lowest BCUT2D eigenvalue weighted by Gasteiger charge is -2.33. The van der Waals surface area contributed by atoms with Gasteiger partial charge in [0, 0.05) is 38.4 Å². The monoisotopic (exact) mass is 427 g/mol. The number of sulfone groups is 1. The van der Waals surface area contributed by atoms with Crippen LogP contribution < -0.4 is 10.2 Å². The SMILES string of the molecule is O=C(NCc1ccccc1N1CCCC1)C(c1ccccc1)N1CCS(=O)(=O)CC1. The van der Waals surface area contributed by atoms with Crippen LogP contribution in [-0.4, -0.2) is 56.9 Å². The Kier molecular flexibility index (Phi) is 6.39. The summed E-state index contributed by atoms with van der Waals surface area (Å²) in [5.41, 5.74) is 3.19. The van der Waals surface area contributed by atoms with Gasteiger partial charge in [-0.1, -0.05) is 48.5 Å². The van der Waals surface area contributed by atoms with Gasteiger partial charge in [0.15, 0.2) is 9.84 Å². The number of anilines is 1. The van der Waals surface area contributed by atoms with Crippen molar-refractivity contribution in [2.75, 3.05) is 42.6 Å². The number of hydrogen-bond acceptors (Lipinski definition) is 5. The zero-order valence-electron chi connectivity index (χ0n) is 17.2. The first-order valence-electron chi connectivity index (χ1n) is 10.6. The molecule has 0 saturated carbocycles. The third-order valence-corrected chi connectivity index (χ3v) is 7.61. The summed E-state index contributed by atoms with van der Waals surface area (Å²) >= 11 is 0. The summed E-state index contributed by atoms with van der Waals surface area (Å²) in [6.07, 6.45) is 2.41. The maximum atomic E-state index is 13.3. The molecule has 1 unspecified atom stereocenters. The highest BCUT2D eigenvalue weighted by atomic mass is 32.2. The molecule has 30 heavy (non-hydrogen) atoms. The summed E-state index contributed by atoms with van der Waals surface area (Å²) in [7, 11) is -3.01. The van der Waals surface area contributed by atoms with Gasteiger partial charge in [0.2, 0.25) is 5.91 Å². The van der Waals surface area contributed by atoms with E-state index in [2.05, 4.69) is 22.3 Å². The molecule has 0 radical (unpaired) electrons. The number of amides is 1. The zero-order chi connectivity index (χ0) is 21.0. The van der Waals surface area contributed by atoms with E-state index in [1.807, 2.05) is 47.4 Å². The van der Waals surface area contributed by atoms with Crippen molar-refractivity contribution in [3.8, 4) is 0 Å². The Hall–Kier alpha value is -2.38. The molecule has 1 atom stereocenters. The molecule has 4 rings (SSSR count). The maximum absolute atomic E-state index is 13.3. The second-order valence-electron chi connectivity index (χ2n) is 8.04. The Bertz CT molecular complexity index is 958. The van der Waals surface area contributed by atoms with Crippen molar-refractivity contribution >= 4 is 21.4 Å². The average molecular weight is 428 g/mol. The maximum Gasteiger partial charge on any atom is 0.242 e. The van der Waals surface area contributed by atoms with Crippen LogP contribution in [0.3, 0.4) is 0 Å². The molecule has 2 aliphatic heterocycles. The van der Waals surface area contributed by atoms with Gasteiger partial charge >= 0.3 is 0 Å². The number of benzene rings is 2. The molecule has 2 aromatic carbocycles. The van der Waals surface area contributed by atoms with Crippen LogP contribution in [0.1, 0.15) is 30.0 Å². The van der Waals surface area contributed by atoms with Gasteiger partial charge in [0.05, 0.1) is 11.5 Å². The summed E-state index contributed by atoms with van der Waals surface area (Å²) < 4.78 is 23.7. The van der Waals surface area contributed by atoms with Gasteiger partial charge in [0.1, 0.15) is 6.04 Å². The molecule has 0 aliphatic carbocycles. The summed E-state index contributed by atoms with van der Waals surface area (Å²) in [6, 6.07) is 17.4. The molecule has 6 nitrogen and oxygen atoms in total. The summed E-state index contributed by atoms with van der Waals surface area (Å²) in [5, 5.41) is 3.12. The summed E-state index contributed by atoms with van der Waals surface area (Å²) in [4.78, 5) is 17.7. The standard InChI is InChI=1S/C23H29N3O3S/c27-23(24-18-20-10-4-5-11-21(20)25-12-6-7-13-25)22(19-8-2-1-3-9-19)26-14-16-30(28,29)17-15-26/h1-5,8-11,22H,6-7,12-18H2,(H,24,27). The molecule has 2 heterocycles. The van der Waals surface area contributed by atoms with Crippen molar-refractivity contribution in [1.29, 1.82) is 0 Å². The minimum atomic E-state index is -3.01. The molecular weight excluding hydrogens is 398 g/mol. The van der Waals surface area contributed by atoms with E-state index in [0.29, 0.717) is 19.6 Å². The Morgan fingerprint density at radius 2 is 1.53 bits per heavy atom. The minimum Gasteiger partial charge on any atom is -0.371 e. The number of nitrogens with one attached hydrogen (secondary N) is 1. The van der Waals surface area contributed by atoms with E-state index in [1.165, 1.54) is 18.5 Å². The fourth-order valence-electron chi connectivity index (χ4n) is 4.35. The first-order chi connectivity index (χ1) is 14.5. The van der Waals surface area contributed by atoms with E-state index < -0.39 is 15.9 Å². The van der Waals surface area contributed by atoms with Crippen molar-refractivity contribution in [2.45, 2.75) is 25.4 Å². The van der Waals surface area contributed by atoms with Crippen LogP contribution in [0.2, 0.25) is 0 Å². The largest absolute Gasteiger partial charge is 0.371 e. The zero-order valence-corrected chi connectivity index (χ0v) is 18.0. The van der Waals surface area contributed by atoms with E-state index in [4.69, 9.17) is 0 Å². The van der Waals surface area contributed by atoms with Crippen molar-refractivity contribution in [1.82, 2.24) is 10.2 Å². The molecule has 0 aromatic heterocycles. The molecule has 1 amide bonds. The van der Waals surface area contributed by atoms with Crippen LogP contribution in [0.15, 0.2) is 54.6 Å². The van der Waals surface area contributed by atoms with Crippen LogP contribution in [-0.2, 0) is 21.2 Å². The van der Waals surface area contributed by atoms with Gasteiger partial charge in [-0.25, -0.2) is 8.42 Å². The predicted molar refractivity (Wildman–Crippen MR) is 119 cm³/mol. The van der Waals surface area contributed by atoms with Crippen LogP contribution in [0.5, 0.6) is 0 Å². The van der Waals surface area contributed by atoms with Gasteiger partial charge in [0.25, 0.3) is 0 Å². The second kappa shape index (κ2) is 9.18. The summed E-state index contributed by atoms with van der Waals surface area (Å²) in [6.45, 7) is 3.32. The van der Waals surface area contributed by atoms with E-state index in [9.17, 15) is 13.2 Å². The Morgan fingerprint density at radius 3 is 2.23 bits per heavy atom. The quantitative estimate of drug-likeness (QED) is 0.767. The molecule has 1 N–H and O–H groups in total. The molecule has 0 spiro atoms. The van der Waals surface area contributed by atoms with Gasteiger partial charge in [-0.2, -0.15) is 0 Å². The Balaban J connectivity index is 1.50. The molecule has 2 fully saturated rings. The lowest BCUT2D eigenvalue weighted by molar-refractivity contribution is -0.126. The molecule has 2 saturated heterocycles. The normalized spacial score (nSPS) is 20.1. The first-order valence-corrected chi connectivity index (χ1v) is 12.5. The number of rotatable bonds is 6. The highest BCUT2D eigenvalue weighted by molar-refractivity contribution is 7.91. The fourth-order valence-corrected chi connectivity index (χ4v) is 5.58. The lowest BCUT2D eigenvalue weighted by atomic mass is 10.0. The lowest BCUT2D eigenvalue weighted by Crippen LogP contribution is -2.47. The molecule has 2 aliphatic rings. The number of nitrogens with zero attached hydrogens (tertiary/aromatic N) is 2. The Morgan fingerprint density at radius 1 is 0.900 bits per heavy atom. The van der Waals surface area contributed by atoms with Gasteiger partial charge in [-0.15, -0.1) is 0 Å². The van der Waals surface area contributed by atoms with Gasteiger partial charge < -0.3 is 10.2 Å². The minimum absolute atomic E-state index is 0.0864. The molecule has 2 aromatic rings. The van der Waals surface area contributed by atoms with Crippen LogP contribution in [0.25, 0.3) is 0 Å². The van der Waals surface area contributed by atoms with E-state index in [1.54, 1.807) is 0 Å². The topological polar surface area (TPSA) is 69.7 Å². The van der Waals surface area contributed by atoms with Gasteiger partial charge in [-0.3, -0.25) is 9.69 Å². The number of hydrogen-bond donors (Lipinski definition) is 1. The fraction of sp³-hybridized carbons (Fsp3) is 0.435. The van der Waals surface area contributed by atoms with Crippen molar-refractivity contribution in [2.24, 2.45) is 0 Å². The first kappa shape index (κ1) is 20.9. The molecule has 7 heteroatoms. The number of carbonyl (C=O) groups is 1. The number of para-hydroxylation sites is 1. The average Bonchev–Trinajstić information content (AvgIpc) is 3.29. The highest BCUT2D eigenvalue weighted by Gasteiger charge is 2.32. The van der Waals surface area contributed by atoms with Crippen LogP contribution in [0.4, 0.5) is 5.69 Å². The van der Waals surface area contributed by atoms with E-state index in [-0.39, 0.29) is 17.4 Å². The molecule has 0 bridgehead atoms. The highest BCUT2D eigenvalue weighted by Crippen LogP contribution is 2.26. The third kappa shape index (κ3) is 4.84. The van der Waals surface area contributed by atoms with Crippen molar-refractivity contribution in [3.63, 3.8) is 0 Å². The van der Waals surface area contributed by atoms with E-state index >= 15 is 0 Å². The Labute approximate surface area is 178 Å². The van der Waals surface area contributed by atoms with Crippen molar-refractivity contribution in [3.05, 3.63) is 65.7 Å². The molecule has 160 valence electrons. The van der Waals surface area contributed by atoms with Crippen molar-refractivity contribution < 1.29 is 13.2 Å². The van der Waals surface area contributed by atoms with E-state index in [0.717, 1.165) is 24.2 Å². The third-order valence-electron chi connectivity index (χ3n) is 6.00. The number of carbonyl (C=O) groups excluding carboxylic acids is 1. The smallest absolute Gasteiger partial charge is 0.242 e. The van der Waals surface area contributed by atoms with Crippen LogP contribution in [0, 0.1) is 0 Å². The molecular formula is C23H29N3O3S.